The number of hydrogen-bond donors (Lipinski definition) is 0. The lowest BCUT2D eigenvalue weighted by molar-refractivity contribution is 1.11. The van der Waals surface area contributed by atoms with Crippen LogP contribution in [0.5, 0.6) is 0 Å². The number of allylic oxidation sites excluding steroid dienone is 1. The molecule has 0 bridgehead atoms. The van der Waals surface area contributed by atoms with Crippen LogP contribution < -0.4 is 0 Å². The summed E-state index contributed by atoms with van der Waals surface area (Å²) in [6, 6.07) is 8.15. The molecule has 0 saturated heterocycles. The van der Waals surface area contributed by atoms with E-state index in [-0.39, 0.29) is 0 Å². The van der Waals surface area contributed by atoms with Crippen molar-refractivity contribution < 1.29 is 0 Å². The Bertz CT molecular complexity index is 243. The van der Waals surface area contributed by atoms with Crippen LogP contribution in [0.2, 0.25) is 0 Å². The van der Waals surface area contributed by atoms with Crippen LogP contribution >= 0.6 is 15.9 Å². The van der Waals surface area contributed by atoms with Gasteiger partial charge in [-0.3, -0.25) is 0 Å². The molecule has 1 rings (SSSR count). The summed E-state index contributed by atoms with van der Waals surface area (Å²) in [5, 5.41) is 0. The molecule has 0 aliphatic carbocycles. The maximum atomic E-state index is 3.67. The van der Waals surface area contributed by atoms with Crippen molar-refractivity contribution >= 4 is 15.9 Å². The largest absolute Gasteiger partial charge is 0.100 e. The molecule has 0 nitrogen and oxygen atoms in total. The van der Waals surface area contributed by atoms with E-state index in [1.165, 1.54) is 15.6 Å². The van der Waals surface area contributed by atoms with Gasteiger partial charge < -0.3 is 0 Å². The van der Waals surface area contributed by atoms with E-state index in [1.54, 1.807) is 0 Å². The first-order chi connectivity index (χ1) is 6.07. The van der Waals surface area contributed by atoms with Crippen molar-refractivity contribution in [2.24, 2.45) is 0 Å². The van der Waals surface area contributed by atoms with Gasteiger partial charge in [0, 0.05) is 4.47 Å². The third-order valence-electron chi connectivity index (χ3n) is 1.68. The van der Waals surface area contributed by atoms with Gasteiger partial charge in [-0.1, -0.05) is 46.6 Å². The van der Waals surface area contributed by atoms with E-state index in [4.69, 9.17) is 0 Å². The van der Waals surface area contributed by atoms with Crippen molar-refractivity contribution in [1.82, 2.24) is 0 Å². The molecule has 0 aliphatic rings. The van der Waals surface area contributed by atoms with Gasteiger partial charge in [0.05, 0.1) is 0 Å². The highest BCUT2D eigenvalue weighted by molar-refractivity contribution is 9.10. The third-order valence-corrected chi connectivity index (χ3v) is 2.57. The molecule has 0 N–H and O–H groups in total. The van der Waals surface area contributed by atoms with Gasteiger partial charge in [0.15, 0.2) is 0 Å². The summed E-state index contributed by atoms with van der Waals surface area (Å²) in [6.07, 6.45) is 1.11. The number of rotatable bonds is 1. The first-order valence-corrected chi connectivity index (χ1v) is 5.22. The van der Waals surface area contributed by atoms with Gasteiger partial charge in [0.25, 0.3) is 0 Å². The van der Waals surface area contributed by atoms with Crippen molar-refractivity contribution in [3.8, 4) is 0 Å². The van der Waals surface area contributed by atoms with Gasteiger partial charge in [-0.05, 0) is 31.9 Å². The van der Waals surface area contributed by atoms with Crippen LogP contribution in [0, 0.1) is 6.92 Å². The van der Waals surface area contributed by atoms with Crippen LogP contribution in [0.3, 0.4) is 0 Å². The highest BCUT2D eigenvalue weighted by Gasteiger charge is 1.86. The van der Waals surface area contributed by atoms with Crippen LogP contribution in [0.25, 0.3) is 0 Å². The van der Waals surface area contributed by atoms with Crippen molar-refractivity contribution in [2.45, 2.75) is 27.2 Å². The molecule has 1 heteroatoms. The Morgan fingerprint density at radius 2 is 1.85 bits per heavy atom. The van der Waals surface area contributed by atoms with Crippen molar-refractivity contribution in [3.05, 3.63) is 46.5 Å². The molecular formula is C12H17Br. The second-order valence-corrected chi connectivity index (χ2v) is 3.91. The van der Waals surface area contributed by atoms with Gasteiger partial charge >= 0.3 is 0 Å². The fourth-order valence-electron chi connectivity index (χ4n) is 0.551. The minimum Gasteiger partial charge on any atom is -0.100 e. The van der Waals surface area contributed by atoms with E-state index in [2.05, 4.69) is 42.4 Å². The van der Waals surface area contributed by atoms with E-state index in [9.17, 15) is 0 Å². The van der Waals surface area contributed by atoms with Gasteiger partial charge in [-0.15, -0.1) is 6.58 Å². The highest BCUT2D eigenvalue weighted by atomic mass is 79.9. The minimum absolute atomic E-state index is 1.11. The van der Waals surface area contributed by atoms with Crippen LogP contribution in [0.4, 0.5) is 0 Å². The molecule has 1 aromatic rings. The van der Waals surface area contributed by atoms with Crippen LogP contribution in [-0.4, -0.2) is 0 Å². The predicted octanol–water partition coefficient (Wildman–Crippen LogP) is 4.73. The van der Waals surface area contributed by atoms with Crippen molar-refractivity contribution in [2.75, 3.05) is 0 Å². The minimum atomic E-state index is 1.11. The second kappa shape index (κ2) is 6.90. The molecule has 0 aromatic heterocycles. The Labute approximate surface area is 89.8 Å². The van der Waals surface area contributed by atoms with E-state index >= 15 is 0 Å². The van der Waals surface area contributed by atoms with Gasteiger partial charge in [-0.2, -0.15) is 0 Å². The molecule has 0 saturated carbocycles. The maximum absolute atomic E-state index is 3.67. The number of aryl methyl sites for hydroxylation is 1. The number of hydrogen-bond acceptors (Lipinski definition) is 0. The number of benzene rings is 1. The Balaban J connectivity index is 0.000000252. The summed E-state index contributed by atoms with van der Waals surface area (Å²) in [5.74, 6) is 0. The molecule has 0 fully saturated rings. The molecule has 0 radical (unpaired) electrons. The van der Waals surface area contributed by atoms with Gasteiger partial charge in [0.1, 0.15) is 0 Å². The fourth-order valence-corrected chi connectivity index (χ4v) is 0.836. The quantitative estimate of drug-likeness (QED) is 0.623. The standard InChI is InChI=1S/C7H7Br.C5H10/c1-6-4-2-3-5-7(6)8;1-4-5(2)3/h2-5H,1H3;2,4H2,1,3H3. The monoisotopic (exact) mass is 240 g/mol. The Morgan fingerprint density at radius 1 is 1.38 bits per heavy atom. The van der Waals surface area contributed by atoms with Crippen LogP contribution in [0.15, 0.2) is 40.9 Å². The zero-order valence-corrected chi connectivity index (χ0v) is 10.2. The lowest BCUT2D eigenvalue weighted by Gasteiger charge is -1.91. The Morgan fingerprint density at radius 3 is 2.08 bits per heavy atom. The smallest absolute Gasteiger partial charge is 0.0204 e. The summed E-state index contributed by atoms with van der Waals surface area (Å²) in [6.45, 7) is 9.87. The molecule has 0 unspecified atom stereocenters. The lowest BCUT2D eigenvalue weighted by atomic mass is 10.2. The SMILES string of the molecule is C=C(C)CC.Cc1ccccc1Br. The molecule has 0 spiro atoms. The van der Waals surface area contributed by atoms with Crippen molar-refractivity contribution in [1.29, 1.82) is 0 Å². The normalized spacial score (nSPS) is 8.62. The van der Waals surface area contributed by atoms with Gasteiger partial charge in [0.2, 0.25) is 0 Å². The van der Waals surface area contributed by atoms with Crippen LogP contribution in [0.1, 0.15) is 25.8 Å². The summed E-state index contributed by atoms with van der Waals surface area (Å²) in [5.41, 5.74) is 2.54. The number of halogens is 1. The Kier molecular flexibility index (Phi) is 6.61. The van der Waals surface area contributed by atoms with Crippen LogP contribution in [-0.2, 0) is 0 Å². The van der Waals surface area contributed by atoms with E-state index in [1.807, 2.05) is 25.1 Å². The topological polar surface area (TPSA) is 0 Å². The zero-order valence-electron chi connectivity index (χ0n) is 8.60. The summed E-state index contributed by atoms with van der Waals surface area (Å²) < 4.78 is 1.18. The lowest BCUT2D eigenvalue weighted by Crippen LogP contribution is -1.69. The molecule has 13 heavy (non-hydrogen) atoms. The third kappa shape index (κ3) is 6.59. The molecule has 0 aliphatic heterocycles. The van der Waals surface area contributed by atoms with E-state index < -0.39 is 0 Å². The molecular weight excluding hydrogens is 224 g/mol. The molecule has 0 atom stereocenters. The average molecular weight is 241 g/mol. The molecule has 0 amide bonds. The second-order valence-electron chi connectivity index (χ2n) is 3.06. The van der Waals surface area contributed by atoms with Crippen molar-refractivity contribution in [3.63, 3.8) is 0 Å². The summed E-state index contributed by atoms with van der Waals surface area (Å²) >= 11 is 3.40. The summed E-state index contributed by atoms with van der Waals surface area (Å²) in [4.78, 5) is 0. The van der Waals surface area contributed by atoms with E-state index in [0.717, 1.165) is 6.42 Å². The van der Waals surface area contributed by atoms with Gasteiger partial charge in [-0.25, -0.2) is 0 Å². The average Bonchev–Trinajstić information content (AvgIpc) is 2.11. The molecule has 1 aromatic carbocycles. The Hall–Kier alpha value is -0.560. The molecule has 72 valence electrons. The first kappa shape index (κ1) is 12.4. The summed E-state index contributed by atoms with van der Waals surface area (Å²) in [7, 11) is 0. The highest BCUT2D eigenvalue weighted by Crippen LogP contribution is 2.13. The zero-order chi connectivity index (χ0) is 10.3. The maximum Gasteiger partial charge on any atom is 0.0204 e. The van der Waals surface area contributed by atoms with E-state index in [0.29, 0.717) is 0 Å². The fraction of sp³-hybridized carbons (Fsp3) is 0.333. The predicted molar refractivity (Wildman–Crippen MR) is 64.0 cm³/mol. The molecule has 0 heterocycles. The first-order valence-electron chi connectivity index (χ1n) is 4.43.